The number of aromatic nitrogens is 4. The molecule has 6 rings (SSSR count). The third-order valence-corrected chi connectivity index (χ3v) is 7.76. The van der Waals surface area contributed by atoms with Crippen LogP contribution in [0.25, 0.3) is 16.8 Å². The predicted octanol–water partition coefficient (Wildman–Crippen LogP) is 3.32. The van der Waals surface area contributed by atoms with Crippen molar-refractivity contribution >= 4 is 43.8 Å². The van der Waals surface area contributed by atoms with Crippen LogP contribution in [0, 0.1) is 5.92 Å². The first-order chi connectivity index (χ1) is 19.0. The van der Waals surface area contributed by atoms with Crippen molar-refractivity contribution in [3.8, 4) is 11.3 Å². The molecule has 2 fully saturated rings. The van der Waals surface area contributed by atoms with Gasteiger partial charge in [0.25, 0.3) is 5.91 Å². The maximum atomic E-state index is 12.9. The molecule has 0 radical (unpaired) electrons. The second-order valence-electron chi connectivity index (χ2n) is 10.0. The van der Waals surface area contributed by atoms with E-state index in [4.69, 9.17) is 9.82 Å². The van der Waals surface area contributed by atoms with Gasteiger partial charge in [-0.25, -0.2) is 15.4 Å². The molecule has 1 aliphatic heterocycles. The fourth-order valence-corrected chi connectivity index (χ4v) is 5.55. The third kappa shape index (κ3) is 5.22. The summed E-state index contributed by atoms with van der Waals surface area (Å²) >= 11 is 0. The lowest BCUT2D eigenvalue weighted by atomic mass is 9.98. The summed E-state index contributed by atoms with van der Waals surface area (Å²) in [6.45, 7) is 1.33. The molecule has 2 N–H and O–H groups in total. The number of nitrogens with one attached hydrogen (secondary N) is 2. The molecule has 200 valence electrons. The summed E-state index contributed by atoms with van der Waals surface area (Å²) in [5.41, 5.74) is 7.47. The van der Waals surface area contributed by atoms with Crippen LogP contribution in [0.4, 0.5) is 11.8 Å². The summed E-state index contributed by atoms with van der Waals surface area (Å²) in [7, 11) is 4.13. The Bertz CT molecular complexity index is 1530. The standard InChI is InChI=1S/C28H30N7O3P/c1-38-33-26(37)21-3-2-13-34(16-21)28-32-23(24-27(39)30-12-14-35(24)28)18-6-8-19(9-7-18)25(36)31-22-15-20(10-11-29-22)17-4-5-17/h6-12,14-15,17,21H,2-5,13,16,39H2,1H3,(H,33,37)(H,29,31,36). The Kier molecular flexibility index (Phi) is 6.97. The highest BCUT2D eigenvalue weighted by Gasteiger charge is 2.29. The molecule has 2 atom stereocenters. The molecule has 11 heteroatoms. The van der Waals surface area contributed by atoms with Gasteiger partial charge in [0.2, 0.25) is 11.9 Å². The zero-order valence-electron chi connectivity index (χ0n) is 21.6. The number of fused-ring (bicyclic) bond motifs is 1. The summed E-state index contributed by atoms with van der Waals surface area (Å²) in [6.07, 6.45) is 9.42. The molecule has 2 aliphatic rings. The first-order valence-corrected chi connectivity index (χ1v) is 13.7. The van der Waals surface area contributed by atoms with Crippen molar-refractivity contribution in [2.75, 3.05) is 30.4 Å². The molecule has 3 aromatic heterocycles. The minimum absolute atomic E-state index is 0.125. The molecule has 39 heavy (non-hydrogen) atoms. The zero-order valence-corrected chi connectivity index (χ0v) is 22.8. The molecule has 2 unspecified atom stereocenters. The van der Waals surface area contributed by atoms with Crippen molar-refractivity contribution in [1.29, 1.82) is 0 Å². The second kappa shape index (κ2) is 10.7. The largest absolute Gasteiger partial charge is 0.341 e. The number of carbonyl (C=O) groups is 2. The molecule has 1 saturated heterocycles. The Balaban J connectivity index is 1.26. The number of pyridine rings is 1. The maximum absolute atomic E-state index is 12.9. The van der Waals surface area contributed by atoms with Gasteiger partial charge >= 0.3 is 0 Å². The van der Waals surface area contributed by atoms with E-state index in [0.717, 1.165) is 47.5 Å². The van der Waals surface area contributed by atoms with Crippen LogP contribution < -0.4 is 21.1 Å². The van der Waals surface area contributed by atoms with Crippen LogP contribution in [-0.2, 0) is 9.63 Å². The highest BCUT2D eigenvalue weighted by molar-refractivity contribution is 7.27. The topological polar surface area (TPSA) is 114 Å². The van der Waals surface area contributed by atoms with Crippen LogP contribution in [0.15, 0.2) is 55.0 Å². The Morgan fingerprint density at radius 2 is 1.90 bits per heavy atom. The monoisotopic (exact) mass is 543 g/mol. The van der Waals surface area contributed by atoms with Gasteiger partial charge in [0, 0.05) is 42.8 Å². The van der Waals surface area contributed by atoms with Gasteiger partial charge in [-0.1, -0.05) is 21.4 Å². The maximum Gasteiger partial charge on any atom is 0.256 e. The summed E-state index contributed by atoms with van der Waals surface area (Å²) in [4.78, 5) is 46.1. The molecular formula is C28H30N7O3P. The lowest BCUT2D eigenvalue weighted by Crippen LogP contribution is -2.43. The minimum Gasteiger partial charge on any atom is -0.341 e. The van der Waals surface area contributed by atoms with E-state index in [0.29, 0.717) is 23.8 Å². The number of piperidine rings is 1. The molecule has 4 aromatic rings. The van der Waals surface area contributed by atoms with Crippen molar-refractivity contribution in [2.24, 2.45) is 5.92 Å². The predicted molar refractivity (Wildman–Crippen MR) is 152 cm³/mol. The van der Waals surface area contributed by atoms with Gasteiger partial charge < -0.3 is 10.2 Å². The number of benzene rings is 1. The van der Waals surface area contributed by atoms with E-state index < -0.39 is 0 Å². The van der Waals surface area contributed by atoms with E-state index >= 15 is 0 Å². The van der Waals surface area contributed by atoms with E-state index in [1.807, 2.05) is 34.9 Å². The molecule has 0 bridgehead atoms. The number of hydroxylamine groups is 1. The third-order valence-electron chi connectivity index (χ3n) is 7.34. The minimum atomic E-state index is -0.209. The highest BCUT2D eigenvalue weighted by Crippen LogP contribution is 2.40. The number of imidazole rings is 1. The van der Waals surface area contributed by atoms with E-state index in [2.05, 4.69) is 34.9 Å². The average Bonchev–Trinajstić information content (AvgIpc) is 3.74. The Hall–Kier alpha value is -3.88. The van der Waals surface area contributed by atoms with Gasteiger partial charge in [-0.2, -0.15) is 0 Å². The van der Waals surface area contributed by atoms with Crippen molar-refractivity contribution in [3.05, 3.63) is 66.1 Å². The highest BCUT2D eigenvalue weighted by atomic mass is 31.0. The second-order valence-corrected chi connectivity index (χ2v) is 10.6. The lowest BCUT2D eigenvalue weighted by Gasteiger charge is -2.32. The number of amides is 2. The van der Waals surface area contributed by atoms with Crippen LogP contribution >= 0.6 is 9.24 Å². The summed E-state index contributed by atoms with van der Waals surface area (Å²) in [5, 5.41) is 2.92. The molecule has 1 saturated carbocycles. The van der Waals surface area contributed by atoms with Crippen LogP contribution in [0.5, 0.6) is 0 Å². The van der Waals surface area contributed by atoms with Crippen molar-refractivity contribution < 1.29 is 14.4 Å². The van der Waals surface area contributed by atoms with Crippen LogP contribution in [-0.4, -0.2) is 51.4 Å². The smallest absolute Gasteiger partial charge is 0.256 e. The van der Waals surface area contributed by atoms with Gasteiger partial charge in [-0.05, 0) is 61.4 Å². The van der Waals surface area contributed by atoms with Gasteiger partial charge in [0.15, 0.2) is 0 Å². The summed E-state index contributed by atoms with van der Waals surface area (Å²) < 4.78 is 2.01. The molecule has 4 heterocycles. The summed E-state index contributed by atoms with van der Waals surface area (Å²) in [6, 6.07) is 11.4. The van der Waals surface area contributed by atoms with E-state index in [9.17, 15) is 9.59 Å². The number of nitrogens with zero attached hydrogens (tertiary/aromatic N) is 5. The Morgan fingerprint density at radius 3 is 2.67 bits per heavy atom. The fourth-order valence-electron chi connectivity index (χ4n) is 5.18. The van der Waals surface area contributed by atoms with E-state index in [1.54, 1.807) is 24.5 Å². The quantitative estimate of drug-likeness (QED) is 0.272. The van der Waals surface area contributed by atoms with Gasteiger partial charge in [0.1, 0.15) is 17.0 Å². The number of carbonyl (C=O) groups excluding carboxylic acids is 2. The normalized spacial score (nSPS) is 17.3. The average molecular weight is 544 g/mol. The molecule has 10 nitrogen and oxygen atoms in total. The van der Waals surface area contributed by atoms with Crippen molar-refractivity contribution in [3.63, 3.8) is 0 Å². The molecule has 1 aromatic carbocycles. The van der Waals surface area contributed by atoms with Crippen molar-refractivity contribution in [1.82, 2.24) is 24.8 Å². The Labute approximate surface area is 228 Å². The number of rotatable bonds is 7. The first kappa shape index (κ1) is 25.4. The van der Waals surface area contributed by atoms with Gasteiger partial charge in [0.05, 0.1) is 18.5 Å². The van der Waals surface area contributed by atoms with Gasteiger partial charge in [-0.3, -0.25) is 23.8 Å². The van der Waals surface area contributed by atoms with E-state index in [-0.39, 0.29) is 17.7 Å². The van der Waals surface area contributed by atoms with Crippen LogP contribution in [0.1, 0.15) is 47.5 Å². The van der Waals surface area contributed by atoms with Crippen LogP contribution in [0.2, 0.25) is 0 Å². The fraction of sp³-hybridized carbons (Fsp3) is 0.321. The van der Waals surface area contributed by atoms with Crippen LogP contribution in [0.3, 0.4) is 0 Å². The zero-order chi connectivity index (χ0) is 26.9. The number of hydrogen-bond acceptors (Lipinski definition) is 7. The molecule has 2 amide bonds. The molecule has 0 spiro atoms. The SMILES string of the molecule is CONC(=O)C1CCCN(c2nc(-c3ccc(C(=O)Nc4cc(C5CC5)ccn4)cc3)c3c(P)nccn23)C1. The lowest BCUT2D eigenvalue weighted by molar-refractivity contribution is -0.135. The molecular weight excluding hydrogens is 513 g/mol. The van der Waals surface area contributed by atoms with Crippen molar-refractivity contribution in [2.45, 2.75) is 31.6 Å². The molecule has 1 aliphatic carbocycles. The van der Waals surface area contributed by atoms with E-state index in [1.165, 1.54) is 25.5 Å². The van der Waals surface area contributed by atoms with Gasteiger partial charge in [-0.15, -0.1) is 0 Å². The number of anilines is 2. The number of hydrogen-bond donors (Lipinski definition) is 2. The Morgan fingerprint density at radius 1 is 1.08 bits per heavy atom. The first-order valence-electron chi connectivity index (χ1n) is 13.1. The summed E-state index contributed by atoms with van der Waals surface area (Å²) in [5.74, 6) is 1.39.